The Morgan fingerprint density at radius 2 is 0.450 bits per heavy atom. The van der Waals surface area contributed by atoms with Crippen molar-refractivity contribution in [1.29, 1.82) is 0 Å². The molecule has 0 aromatic heterocycles. The molecule has 0 amide bonds. The van der Waals surface area contributed by atoms with Crippen LogP contribution in [0.2, 0.25) is 0 Å². The largest absolute Gasteiger partial charge is 0.400 e. The lowest BCUT2D eigenvalue weighted by Gasteiger charge is -2.22. The van der Waals surface area contributed by atoms with Gasteiger partial charge in [-0.1, -0.05) is 152 Å². The van der Waals surface area contributed by atoms with E-state index in [9.17, 15) is 0 Å². The van der Waals surface area contributed by atoms with Crippen LogP contribution in [0.1, 0.15) is 124 Å². The molecule has 0 heterocycles. The fourth-order valence-corrected chi connectivity index (χ4v) is 5.16. The molecule has 0 aliphatic heterocycles. The monoisotopic (exact) mass is 540 g/mol. The molecule has 0 unspecified atom stereocenters. The van der Waals surface area contributed by atoms with Gasteiger partial charge in [0.2, 0.25) is 0 Å². The van der Waals surface area contributed by atoms with E-state index in [1.807, 2.05) is 27.7 Å². The Morgan fingerprint density at radius 3 is 0.575 bits per heavy atom. The third-order valence-electron chi connectivity index (χ3n) is 7.64. The van der Waals surface area contributed by atoms with Gasteiger partial charge in [0, 0.05) is 37.9 Å². The van der Waals surface area contributed by atoms with E-state index in [1.54, 1.807) is 0 Å². The number of hydrogen-bond acceptors (Lipinski definition) is 2. The maximum absolute atomic E-state index is 7.00. The first kappa shape index (κ1) is 34.8. The average Bonchev–Trinajstić information content (AvgIpc) is 3.07. The molecule has 0 saturated heterocycles. The zero-order chi connectivity index (χ0) is 30.2. The molecule has 216 valence electrons. The standard InChI is InChI=1S/C32H32.2C2H6.2CH4O/c1-21-25-9-5-11-27(17-25)22(2)29-13-7-15-31(19-29)24(4)32-16-8-14-30(20-32)23(3)28-12-6-10-26(21)18-28;4*1-2/h5-24H,1-4H3;2*1-2H3;2*2H,1H3. The molecule has 40 heavy (non-hydrogen) atoms. The second kappa shape index (κ2) is 18.2. The third kappa shape index (κ3) is 8.40. The van der Waals surface area contributed by atoms with E-state index < -0.39 is 0 Å². The van der Waals surface area contributed by atoms with E-state index in [0.717, 1.165) is 14.2 Å². The van der Waals surface area contributed by atoms with Crippen LogP contribution in [0.5, 0.6) is 0 Å². The smallest absolute Gasteiger partial charge is 0.0319 e. The fraction of sp³-hybridized carbons (Fsp3) is 0.368. The summed E-state index contributed by atoms with van der Waals surface area (Å²) in [6, 6.07) is 36.8. The number of benzene rings is 4. The fourth-order valence-electron chi connectivity index (χ4n) is 5.16. The molecule has 5 rings (SSSR count). The first-order chi connectivity index (χ1) is 19.5. The first-order valence-corrected chi connectivity index (χ1v) is 14.8. The maximum atomic E-state index is 7.00. The van der Waals surface area contributed by atoms with E-state index >= 15 is 0 Å². The molecule has 8 bridgehead atoms. The van der Waals surface area contributed by atoms with Crippen molar-refractivity contribution in [1.82, 2.24) is 0 Å². The van der Waals surface area contributed by atoms with Crippen molar-refractivity contribution in [3.05, 3.63) is 142 Å². The number of hydrogen-bond donors (Lipinski definition) is 2. The van der Waals surface area contributed by atoms with E-state index in [0.29, 0.717) is 23.7 Å². The van der Waals surface area contributed by atoms with Crippen molar-refractivity contribution in [2.75, 3.05) is 14.2 Å². The predicted molar refractivity (Wildman–Crippen MR) is 175 cm³/mol. The van der Waals surface area contributed by atoms with Crippen molar-refractivity contribution in [2.45, 2.75) is 79.1 Å². The van der Waals surface area contributed by atoms with Crippen molar-refractivity contribution in [3.8, 4) is 0 Å². The van der Waals surface area contributed by atoms with Crippen LogP contribution >= 0.6 is 0 Å². The van der Waals surface area contributed by atoms with Crippen LogP contribution in [-0.2, 0) is 0 Å². The molecule has 0 atom stereocenters. The summed E-state index contributed by atoms with van der Waals surface area (Å²) in [5, 5.41) is 14.0. The summed E-state index contributed by atoms with van der Waals surface area (Å²) in [5.41, 5.74) is 11.1. The second-order valence-electron chi connectivity index (χ2n) is 9.57. The molecule has 4 aromatic carbocycles. The Balaban J connectivity index is 0.000000921. The topological polar surface area (TPSA) is 40.5 Å². The summed E-state index contributed by atoms with van der Waals surface area (Å²) in [6.07, 6.45) is 0. The van der Waals surface area contributed by atoms with Crippen LogP contribution in [0.4, 0.5) is 0 Å². The predicted octanol–water partition coefficient (Wildman–Crippen LogP) is 9.88. The van der Waals surface area contributed by atoms with Crippen molar-refractivity contribution in [2.24, 2.45) is 0 Å². The lowest BCUT2D eigenvalue weighted by molar-refractivity contribution is 0.399. The second-order valence-corrected chi connectivity index (χ2v) is 9.57. The Bertz CT molecular complexity index is 985. The van der Waals surface area contributed by atoms with Gasteiger partial charge < -0.3 is 10.2 Å². The molecular weight excluding hydrogens is 488 g/mol. The van der Waals surface area contributed by atoms with Crippen LogP contribution in [-0.4, -0.2) is 24.4 Å². The minimum Gasteiger partial charge on any atom is -0.400 e. The molecule has 0 saturated carbocycles. The van der Waals surface area contributed by atoms with Gasteiger partial charge in [-0.3, -0.25) is 0 Å². The van der Waals surface area contributed by atoms with E-state index in [4.69, 9.17) is 10.2 Å². The maximum Gasteiger partial charge on any atom is 0.0319 e. The van der Waals surface area contributed by atoms with E-state index in [2.05, 4.69) is 125 Å². The number of aliphatic hydroxyl groups is 2. The lowest BCUT2D eigenvalue weighted by atomic mass is 9.82. The van der Waals surface area contributed by atoms with Gasteiger partial charge in [0.05, 0.1) is 0 Å². The van der Waals surface area contributed by atoms with Gasteiger partial charge in [-0.2, -0.15) is 0 Å². The zero-order valence-electron chi connectivity index (χ0n) is 26.4. The van der Waals surface area contributed by atoms with Gasteiger partial charge in [0.15, 0.2) is 0 Å². The molecule has 1 aliphatic rings. The third-order valence-corrected chi connectivity index (χ3v) is 7.64. The highest BCUT2D eigenvalue weighted by Gasteiger charge is 2.18. The Hall–Kier alpha value is -3.20. The lowest BCUT2D eigenvalue weighted by Crippen LogP contribution is -2.05. The molecule has 2 N–H and O–H groups in total. The van der Waals surface area contributed by atoms with Crippen molar-refractivity contribution in [3.63, 3.8) is 0 Å². The Labute approximate surface area is 244 Å². The number of rotatable bonds is 0. The molecule has 1 aliphatic carbocycles. The van der Waals surface area contributed by atoms with Crippen LogP contribution in [0.15, 0.2) is 97.1 Å². The van der Waals surface area contributed by atoms with Gasteiger partial charge in [-0.05, 0) is 44.5 Å². The van der Waals surface area contributed by atoms with Gasteiger partial charge in [0.25, 0.3) is 0 Å². The number of fused-ring (bicyclic) bond motifs is 8. The molecular formula is C38H52O2. The number of aliphatic hydroxyl groups excluding tert-OH is 2. The molecule has 2 heteroatoms. The van der Waals surface area contributed by atoms with Crippen LogP contribution < -0.4 is 0 Å². The van der Waals surface area contributed by atoms with Crippen molar-refractivity contribution >= 4 is 0 Å². The zero-order valence-corrected chi connectivity index (χ0v) is 26.4. The Kier molecular flexibility index (Phi) is 15.9. The Morgan fingerprint density at radius 1 is 0.325 bits per heavy atom. The quantitative estimate of drug-likeness (QED) is 0.233. The summed E-state index contributed by atoms with van der Waals surface area (Å²) in [4.78, 5) is 0. The molecule has 0 radical (unpaired) electrons. The van der Waals surface area contributed by atoms with Crippen LogP contribution in [0.25, 0.3) is 0 Å². The molecule has 0 fully saturated rings. The highest BCUT2D eigenvalue weighted by atomic mass is 16.2. The minimum atomic E-state index is 0.361. The van der Waals surface area contributed by atoms with E-state index in [1.165, 1.54) is 44.5 Å². The van der Waals surface area contributed by atoms with Gasteiger partial charge in [0.1, 0.15) is 0 Å². The highest BCUT2D eigenvalue weighted by molar-refractivity contribution is 5.45. The van der Waals surface area contributed by atoms with Crippen LogP contribution in [0.3, 0.4) is 0 Å². The summed E-state index contributed by atoms with van der Waals surface area (Å²) in [6.45, 7) is 17.3. The summed E-state index contributed by atoms with van der Waals surface area (Å²) in [5.74, 6) is 1.44. The summed E-state index contributed by atoms with van der Waals surface area (Å²) >= 11 is 0. The summed E-state index contributed by atoms with van der Waals surface area (Å²) in [7, 11) is 2.00. The summed E-state index contributed by atoms with van der Waals surface area (Å²) < 4.78 is 0. The first-order valence-electron chi connectivity index (χ1n) is 14.8. The van der Waals surface area contributed by atoms with Gasteiger partial charge in [-0.15, -0.1) is 0 Å². The molecule has 4 aromatic rings. The SMILES string of the molecule is CC.CC.CC1c2cccc(c2)C(C)c2cccc(c2)C(C)c2cccc(c2)C(C)c2cccc1c2.CO.CO. The van der Waals surface area contributed by atoms with Gasteiger partial charge in [-0.25, -0.2) is 0 Å². The molecule has 0 spiro atoms. The van der Waals surface area contributed by atoms with Crippen LogP contribution in [0, 0.1) is 0 Å². The van der Waals surface area contributed by atoms with E-state index in [-0.39, 0.29) is 0 Å². The van der Waals surface area contributed by atoms with Crippen molar-refractivity contribution < 1.29 is 10.2 Å². The minimum absolute atomic E-state index is 0.361. The van der Waals surface area contributed by atoms with Gasteiger partial charge >= 0.3 is 0 Å². The average molecular weight is 541 g/mol. The molecule has 2 nitrogen and oxygen atoms in total. The normalized spacial score (nSPS) is 18.5. The highest BCUT2D eigenvalue weighted by Crippen LogP contribution is 2.35.